The lowest BCUT2D eigenvalue weighted by Gasteiger charge is -2.10. The fourth-order valence-electron chi connectivity index (χ4n) is 20.5. The molecular weight excluding hydrogens is 1980 g/mol. The Morgan fingerprint density at radius 2 is 0.851 bits per heavy atom. The van der Waals surface area contributed by atoms with E-state index in [1.54, 1.807) is 65.9 Å². The number of ether oxygens (including phenoxy) is 7. The highest BCUT2D eigenvalue weighted by molar-refractivity contribution is 9.10. The number of imidazole rings is 1. The molecule has 0 aliphatic carbocycles. The van der Waals surface area contributed by atoms with Crippen molar-refractivity contribution in [2.24, 2.45) is 20.0 Å². The second kappa shape index (κ2) is 48.0. The van der Waals surface area contributed by atoms with Crippen LogP contribution < -0.4 is 79.0 Å². The smallest absolute Gasteiger partial charge is 0.223 e. The number of thiazole rings is 1. The quantitative estimate of drug-likeness (QED) is 0.0189. The monoisotopic (exact) mass is 2120 g/mol. The van der Waals surface area contributed by atoms with Gasteiger partial charge in [0.1, 0.15) is 118 Å². The average molecular weight is 2130 g/mol. The van der Waals surface area contributed by atoms with Gasteiger partial charge in [0, 0.05) is 220 Å². The number of aryl methyl sites for hydroxylation is 4. The van der Waals surface area contributed by atoms with Crippen molar-refractivity contribution in [1.82, 2.24) is 28.2 Å². The van der Waals surface area contributed by atoms with E-state index in [-0.39, 0.29) is 36.4 Å². The summed E-state index contributed by atoms with van der Waals surface area (Å²) in [6.07, 6.45) is 33.5. The van der Waals surface area contributed by atoms with E-state index >= 15 is 0 Å². The highest BCUT2D eigenvalue weighted by atomic mass is 79.9. The standard InChI is InChI=1S/C16H21BrN2O.C16H21ClN2O.C16H22N2O.C15H17N3O3.C14H15NOS.2C13H15N3O.C13H14N2OS/c2*1-3-5-8-19-15-11(14(17)16(19)18)6-7-13-12(15)9-10(4-2)20-13;1-3-5-8-18-15(17)9-11-6-7-14-13(16(11)18)10-12(4-2)19-14;1-2-3-6-18-14-9-7-13(11(20)8-19)21-12(9)5-4-10(14)17-15(18)16;1-2-10-6-9-7-11(14-4-3-5-17-14)12(15)8-13(9)16-10;2*1-2-9-5-8-6-10(13-15-3-4-16-13)11(14)7-12(8)17-9;1-2-9-5-8-6-10(13-15-3-4-17-13)11(14)7-12(8)16-9/h2*6-7,10H,3-5,8-9,18H2,1-2H3;6-7,9,12H,3-5,8,10,17H2,1-2H3;4-5,7,19H,2-3,6,8H2,1H3,(H2,16,17);3-5,7-8,10H,2,6,15H2,1H3;2*3-4,6-7,9,13H,2,5,14H2,1H3;3-4,6-7,9H,2,5,14H2,1H3. The van der Waals surface area contributed by atoms with Gasteiger partial charge in [-0.2, -0.15) is 0 Å². The molecule has 9 aliphatic rings. The summed E-state index contributed by atoms with van der Waals surface area (Å²) in [6, 6.07) is 40.2. The molecule has 0 bridgehead atoms. The maximum absolute atomic E-state index is 11.6. The predicted octanol–water partition coefficient (Wildman–Crippen LogP) is 26.1. The van der Waals surface area contributed by atoms with Crippen LogP contribution in [0.1, 0.15) is 245 Å². The van der Waals surface area contributed by atoms with E-state index in [0.29, 0.717) is 58.2 Å². The van der Waals surface area contributed by atoms with E-state index in [9.17, 15) is 4.79 Å². The van der Waals surface area contributed by atoms with Gasteiger partial charge >= 0.3 is 0 Å². The molecular formula is C116H140BrClN18O10S2. The highest BCUT2D eigenvalue weighted by Gasteiger charge is 2.35. The van der Waals surface area contributed by atoms with Gasteiger partial charge in [-0.25, -0.2) is 9.97 Å². The van der Waals surface area contributed by atoms with Crippen LogP contribution in [0.15, 0.2) is 167 Å². The van der Waals surface area contributed by atoms with E-state index in [1.807, 2.05) is 52.4 Å². The number of fused-ring (bicyclic) bond motifs is 16. The maximum atomic E-state index is 11.6. The fraction of sp³-hybridized carbons (Fsp3) is 0.405. The van der Waals surface area contributed by atoms with Crippen molar-refractivity contribution in [3.05, 3.63) is 204 Å². The number of benzene rings is 8. The number of thiophene rings is 1. The third-order valence-electron chi connectivity index (χ3n) is 28.8. The molecule has 28 nitrogen and oxygen atoms in total. The number of aliphatic imine (C=N–C) groups is 4. The summed E-state index contributed by atoms with van der Waals surface area (Å²) in [5.74, 6) is 9.40. The van der Waals surface area contributed by atoms with Gasteiger partial charge in [0.15, 0.2) is 18.1 Å². The first-order valence-electron chi connectivity index (χ1n) is 52.6. The molecule has 17 N–H and O–H groups in total. The van der Waals surface area contributed by atoms with Crippen LogP contribution in [-0.4, -0.2) is 113 Å². The summed E-state index contributed by atoms with van der Waals surface area (Å²) in [7, 11) is 0. The average Bonchev–Trinajstić information content (AvgIpc) is 1.60. The molecule has 780 valence electrons. The lowest BCUT2D eigenvalue weighted by atomic mass is 10.0. The molecule has 0 saturated carbocycles. The molecule has 32 heteroatoms. The van der Waals surface area contributed by atoms with Crippen LogP contribution in [0.2, 0.25) is 5.02 Å². The van der Waals surface area contributed by atoms with Crippen molar-refractivity contribution in [2.45, 2.75) is 299 Å². The number of ketones is 1. The first-order valence-corrected chi connectivity index (χ1v) is 55.6. The maximum Gasteiger partial charge on any atom is 0.223 e. The zero-order valence-corrected chi connectivity index (χ0v) is 90.6. The number of carbonyl (C=O) groups is 1. The summed E-state index contributed by atoms with van der Waals surface area (Å²) < 4.78 is 56.4. The summed E-state index contributed by atoms with van der Waals surface area (Å²) >= 11 is 13.4. The second-order valence-electron chi connectivity index (χ2n) is 38.8. The molecule has 0 spiro atoms. The number of anilines is 8. The zero-order valence-electron chi connectivity index (χ0n) is 86.7. The Morgan fingerprint density at radius 3 is 1.32 bits per heavy atom. The lowest BCUT2D eigenvalue weighted by Crippen LogP contribution is -2.10. The van der Waals surface area contributed by atoms with Gasteiger partial charge in [-0.3, -0.25) is 24.8 Å². The van der Waals surface area contributed by atoms with E-state index in [1.165, 1.54) is 84.0 Å². The molecule has 15 aromatic rings. The van der Waals surface area contributed by atoms with Crippen LogP contribution in [0.25, 0.3) is 75.7 Å². The number of hydrogen-bond donors (Lipinski definition) is 9. The Morgan fingerprint density at radius 1 is 0.426 bits per heavy atom. The number of nitrogen functional groups attached to an aromatic ring is 8. The van der Waals surface area contributed by atoms with Crippen LogP contribution in [0.3, 0.4) is 0 Å². The minimum Gasteiger partial charge on any atom is -0.490 e. The van der Waals surface area contributed by atoms with Gasteiger partial charge in [0.25, 0.3) is 0 Å². The van der Waals surface area contributed by atoms with Crippen LogP contribution in [0.5, 0.6) is 40.2 Å². The highest BCUT2D eigenvalue weighted by Crippen LogP contribution is 2.49. The Bertz CT molecular complexity index is 7050. The van der Waals surface area contributed by atoms with Crippen molar-refractivity contribution >= 4 is 182 Å². The molecule has 9 aliphatic heterocycles. The molecule has 7 unspecified atom stereocenters. The van der Waals surface area contributed by atoms with Gasteiger partial charge in [-0.1, -0.05) is 120 Å². The molecule has 0 amide bonds. The number of hydrogen-bond acceptors (Lipinski definition) is 26. The van der Waals surface area contributed by atoms with Gasteiger partial charge in [0.2, 0.25) is 11.7 Å². The first kappa shape index (κ1) is 106. The molecule has 7 aromatic heterocycles. The molecule has 148 heavy (non-hydrogen) atoms. The van der Waals surface area contributed by atoms with Crippen LogP contribution in [-0.2, 0) is 71.1 Å². The molecule has 24 rings (SSSR count). The van der Waals surface area contributed by atoms with Crippen molar-refractivity contribution in [3.63, 3.8) is 0 Å². The minimum atomic E-state index is -0.569. The third kappa shape index (κ3) is 22.7. The third-order valence-corrected chi connectivity index (χ3v) is 31.8. The molecule has 0 radical (unpaired) electrons. The topological polar surface area (TPSA) is 418 Å². The molecule has 0 saturated heterocycles. The number of furan rings is 1. The fourth-order valence-corrected chi connectivity index (χ4v) is 22.7. The second-order valence-corrected chi connectivity index (χ2v) is 41.9. The van der Waals surface area contributed by atoms with Crippen molar-refractivity contribution in [1.29, 1.82) is 0 Å². The number of aliphatic hydroxyl groups is 1. The Kier molecular flexibility index (Phi) is 34.4. The van der Waals surface area contributed by atoms with Crippen molar-refractivity contribution in [3.8, 4) is 61.3 Å². The normalized spacial score (nSPS) is 17.7. The first-order chi connectivity index (χ1) is 71.8. The van der Waals surface area contributed by atoms with Crippen LogP contribution >= 0.6 is 50.2 Å². The van der Waals surface area contributed by atoms with E-state index in [2.05, 4.69) is 208 Å². The number of aromatic nitrogens is 6. The SMILES string of the molecule is CCC1Cc2cc(-c3cccs3)c(N)cc2O1.CCC1Cc2cc(-c3nccs3)c(N)cc2O1.CCC1Cc2cc(C3N=CC=N3)c(N)cc2O1.CCC1Cc2cc(C3N=CC=N3)c(N)cc2O1.CCCCn1c(N)c(Br)c2ccc3c(c21)CC(CC)O3.CCCCn1c(N)c(Cl)c2ccc3c(c21)CC(CC)O3.CCCCn1c(N)cc2ccc3c(c21)CC(CC)O3.CCCCn1c(N)nc2ccc3oc(C(=O)CO)cc3c21. The largest absolute Gasteiger partial charge is 0.490 e. The van der Waals surface area contributed by atoms with Gasteiger partial charge in [-0.15, -0.1) is 22.7 Å². The number of unbranched alkanes of at least 4 members (excludes halogenated alkanes) is 4. The number of carbonyl (C=O) groups excluding carboxylic acids is 1. The Balaban J connectivity index is 0.000000116. The van der Waals surface area contributed by atoms with E-state index < -0.39 is 12.4 Å². The minimum absolute atomic E-state index is 0.154. The lowest BCUT2D eigenvalue weighted by molar-refractivity contribution is 0.0878. The number of nitrogens with two attached hydrogens (primary N) is 8. The van der Waals surface area contributed by atoms with Gasteiger partial charge < -0.3 is 107 Å². The molecule has 16 heterocycles. The molecule has 7 atom stereocenters. The summed E-state index contributed by atoms with van der Waals surface area (Å²) in [5, 5.41) is 19.0. The number of halogens is 2. The number of rotatable bonds is 25. The van der Waals surface area contributed by atoms with Crippen molar-refractivity contribution in [2.75, 3.05) is 52.5 Å². The van der Waals surface area contributed by atoms with E-state index in [4.69, 9.17) is 100 Å². The summed E-state index contributed by atoms with van der Waals surface area (Å²) in [6.45, 7) is 26.9. The Labute approximate surface area is 887 Å². The van der Waals surface area contributed by atoms with Crippen LogP contribution in [0, 0.1) is 0 Å². The van der Waals surface area contributed by atoms with Crippen molar-refractivity contribution < 1.29 is 47.5 Å². The molecule has 8 aromatic carbocycles. The zero-order chi connectivity index (χ0) is 104. The summed E-state index contributed by atoms with van der Waals surface area (Å²) in [4.78, 5) is 38.5. The predicted molar refractivity (Wildman–Crippen MR) is 613 cm³/mol. The Hall–Kier alpha value is -13.2. The number of Topliss-reactive ketones (excluding diaryl/α,β-unsaturated/α-hetero) is 1. The van der Waals surface area contributed by atoms with Crippen LogP contribution in [0.4, 0.5) is 46.2 Å². The number of aliphatic hydroxyl groups excluding tert-OH is 1. The summed E-state index contributed by atoms with van der Waals surface area (Å²) in [5.41, 5.74) is 70.9. The van der Waals surface area contributed by atoms with Gasteiger partial charge in [-0.05, 0) is 205 Å². The number of nitrogens with zero attached hydrogens (tertiary/aromatic N) is 10. The van der Waals surface area contributed by atoms with Gasteiger partial charge in [0.05, 0.1) is 37.1 Å². The van der Waals surface area contributed by atoms with E-state index in [0.717, 1.165) is 271 Å². The molecule has 0 fully saturated rings.